The lowest BCUT2D eigenvalue weighted by atomic mass is 10.0. The number of aliphatic imine (C=N–C) groups is 1. The number of amides is 2. The highest BCUT2D eigenvalue weighted by atomic mass is 16.6. The van der Waals surface area contributed by atoms with Gasteiger partial charge in [0.25, 0.3) is 17.5 Å². The lowest BCUT2D eigenvalue weighted by molar-refractivity contribution is -0.384. The average molecular weight is 572 g/mol. The Balaban J connectivity index is 1.36. The summed E-state index contributed by atoms with van der Waals surface area (Å²) >= 11 is 0. The van der Waals surface area contributed by atoms with Gasteiger partial charge in [-0.15, -0.1) is 0 Å². The van der Waals surface area contributed by atoms with E-state index >= 15 is 0 Å². The number of benzene rings is 3. The molecule has 1 atom stereocenters. The number of carboxylic acids is 1. The van der Waals surface area contributed by atoms with E-state index in [1.54, 1.807) is 67.5 Å². The van der Waals surface area contributed by atoms with Crippen molar-refractivity contribution in [3.8, 4) is 0 Å². The third kappa shape index (κ3) is 5.84. The van der Waals surface area contributed by atoms with E-state index in [0.717, 1.165) is 6.54 Å². The summed E-state index contributed by atoms with van der Waals surface area (Å²) in [6.07, 6.45) is -0.436. The van der Waals surface area contributed by atoms with E-state index in [0.29, 0.717) is 51.8 Å². The first kappa shape index (κ1) is 28.1. The Hall–Kier alpha value is -5.46. The number of hydrogen-bond donors (Lipinski definition) is 4. The van der Waals surface area contributed by atoms with Crippen LogP contribution in [0.15, 0.2) is 65.7 Å². The number of carboxylic acid groups (broad SMARTS) is 1. The topological polar surface area (TPSA) is 170 Å². The molecule has 216 valence electrons. The average Bonchev–Trinajstić information content (AvgIpc) is 3.59. The Morgan fingerprint density at radius 1 is 1.14 bits per heavy atom. The van der Waals surface area contributed by atoms with Crippen LogP contribution in [0.2, 0.25) is 0 Å². The number of fused-ring (bicyclic) bond motifs is 1. The van der Waals surface area contributed by atoms with Gasteiger partial charge in [-0.3, -0.25) is 29.5 Å². The van der Waals surface area contributed by atoms with E-state index in [2.05, 4.69) is 20.9 Å². The Morgan fingerprint density at radius 2 is 1.95 bits per heavy atom. The molecule has 2 aliphatic heterocycles. The molecule has 2 heterocycles. The van der Waals surface area contributed by atoms with Crippen LogP contribution in [-0.2, 0) is 11.3 Å². The smallest absolute Gasteiger partial charge is 0.305 e. The zero-order chi connectivity index (χ0) is 30.0. The third-order valence-electron chi connectivity index (χ3n) is 7.07. The van der Waals surface area contributed by atoms with Gasteiger partial charge < -0.3 is 30.9 Å². The summed E-state index contributed by atoms with van der Waals surface area (Å²) in [4.78, 5) is 56.9. The highest BCUT2D eigenvalue weighted by molar-refractivity contribution is 6.07. The van der Waals surface area contributed by atoms with Crippen LogP contribution >= 0.6 is 0 Å². The SMILES string of the molecule is CN(C)c1ccc(C(CC(=O)O)N2Cc3ccc(NC(=O)c4cccc(NC5=NCCN5)c4)cc3C2=O)cc1[N+](=O)[O-]. The summed E-state index contributed by atoms with van der Waals surface area (Å²) in [7, 11) is 3.34. The molecule has 2 aliphatic rings. The fraction of sp³-hybridized carbons (Fsp3) is 0.241. The van der Waals surface area contributed by atoms with Gasteiger partial charge in [-0.2, -0.15) is 0 Å². The fourth-order valence-corrected chi connectivity index (χ4v) is 5.06. The molecule has 0 saturated heterocycles. The molecule has 5 rings (SSSR count). The molecule has 0 saturated carbocycles. The number of aliphatic carboxylic acids is 1. The van der Waals surface area contributed by atoms with Crippen LogP contribution in [0.4, 0.5) is 22.7 Å². The van der Waals surface area contributed by atoms with Crippen molar-refractivity contribution in [1.82, 2.24) is 10.2 Å². The number of carbonyl (C=O) groups excluding carboxylic acids is 2. The second-order valence-corrected chi connectivity index (χ2v) is 10.1. The first-order chi connectivity index (χ1) is 20.1. The van der Waals surface area contributed by atoms with Crippen LogP contribution in [0.25, 0.3) is 0 Å². The number of nitro benzene ring substituents is 1. The summed E-state index contributed by atoms with van der Waals surface area (Å²) < 4.78 is 0. The zero-order valence-corrected chi connectivity index (χ0v) is 23.0. The summed E-state index contributed by atoms with van der Waals surface area (Å²) in [6, 6.07) is 15.4. The molecule has 42 heavy (non-hydrogen) atoms. The fourth-order valence-electron chi connectivity index (χ4n) is 5.06. The van der Waals surface area contributed by atoms with Crippen molar-refractivity contribution in [2.24, 2.45) is 4.99 Å². The second kappa shape index (κ2) is 11.6. The molecule has 4 N–H and O–H groups in total. The van der Waals surface area contributed by atoms with Crippen LogP contribution in [0.5, 0.6) is 0 Å². The lowest BCUT2D eigenvalue weighted by Crippen LogP contribution is -2.31. The minimum Gasteiger partial charge on any atom is -0.481 e. The van der Waals surface area contributed by atoms with Gasteiger partial charge in [0.15, 0.2) is 5.96 Å². The maximum absolute atomic E-state index is 13.6. The molecule has 0 radical (unpaired) electrons. The number of anilines is 3. The van der Waals surface area contributed by atoms with E-state index in [9.17, 15) is 29.6 Å². The molecule has 3 aromatic carbocycles. The standard InChI is InChI=1S/C29H29N7O6/c1-34(2)23-9-7-17(13-25(23)36(41)42)24(15-26(37)38)35-16-19-6-8-21(14-22(19)28(35)40)32-27(39)18-4-3-5-20(12-18)33-29-30-10-11-31-29/h3-9,12-14,24H,10-11,15-16H2,1-2H3,(H,32,39)(H,37,38)(H2,30,31,33). The first-order valence-electron chi connectivity index (χ1n) is 13.2. The van der Waals surface area contributed by atoms with Gasteiger partial charge in [-0.05, 0) is 47.5 Å². The Bertz CT molecular complexity index is 1620. The maximum atomic E-state index is 13.6. The molecule has 13 nitrogen and oxygen atoms in total. The van der Waals surface area contributed by atoms with Crippen LogP contribution in [-0.4, -0.2) is 65.9 Å². The molecule has 0 bridgehead atoms. The molecule has 2 amide bonds. The van der Waals surface area contributed by atoms with Gasteiger partial charge in [-0.1, -0.05) is 18.2 Å². The molecule has 0 aliphatic carbocycles. The van der Waals surface area contributed by atoms with Crippen molar-refractivity contribution in [3.63, 3.8) is 0 Å². The lowest BCUT2D eigenvalue weighted by Gasteiger charge is -2.27. The Kier molecular flexibility index (Phi) is 7.74. The minimum atomic E-state index is -1.15. The van der Waals surface area contributed by atoms with Crippen LogP contribution in [0, 0.1) is 10.1 Å². The van der Waals surface area contributed by atoms with Crippen molar-refractivity contribution in [3.05, 3.63) is 93.0 Å². The largest absolute Gasteiger partial charge is 0.481 e. The van der Waals surface area contributed by atoms with Crippen molar-refractivity contribution in [1.29, 1.82) is 0 Å². The normalized spacial score (nSPS) is 14.5. The number of hydrogen-bond acceptors (Lipinski definition) is 9. The predicted molar refractivity (Wildman–Crippen MR) is 157 cm³/mol. The van der Waals surface area contributed by atoms with Crippen LogP contribution < -0.4 is 20.9 Å². The molecular formula is C29H29N7O6. The predicted octanol–water partition coefficient (Wildman–Crippen LogP) is 3.46. The van der Waals surface area contributed by atoms with Crippen LogP contribution in [0.3, 0.4) is 0 Å². The van der Waals surface area contributed by atoms with Crippen molar-refractivity contribution < 1.29 is 24.4 Å². The Labute approximate surface area is 241 Å². The van der Waals surface area contributed by atoms with E-state index in [4.69, 9.17) is 0 Å². The van der Waals surface area contributed by atoms with Crippen molar-refractivity contribution >= 4 is 46.5 Å². The zero-order valence-electron chi connectivity index (χ0n) is 23.0. The monoisotopic (exact) mass is 571 g/mol. The van der Waals surface area contributed by atoms with Crippen molar-refractivity contribution in [2.75, 3.05) is 42.7 Å². The molecule has 3 aromatic rings. The van der Waals surface area contributed by atoms with Gasteiger partial charge in [-0.25, -0.2) is 0 Å². The van der Waals surface area contributed by atoms with Crippen LogP contribution in [0.1, 0.15) is 44.3 Å². The molecule has 0 aromatic heterocycles. The third-order valence-corrected chi connectivity index (χ3v) is 7.07. The second-order valence-electron chi connectivity index (χ2n) is 10.1. The van der Waals surface area contributed by atoms with Gasteiger partial charge >= 0.3 is 5.97 Å². The van der Waals surface area contributed by atoms with Gasteiger partial charge in [0.1, 0.15) is 5.69 Å². The minimum absolute atomic E-state index is 0.120. The van der Waals surface area contributed by atoms with Gasteiger partial charge in [0.2, 0.25) is 0 Å². The number of nitrogens with zero attached hydrogens (tertiary/aromatic N) is 4. The number of nitrogens with one attached hydrogen (secondary N) is 3. The molecular weight excluding hydrogens is 542 g/mol. The number of rotatable bonds is 9. The Morgan fingerprint density at radius 3 is 2.64 bits per heavy atom. The highest BCUT2D eigenvalue weighted by Gasteiger charge is 2.36. The number of nitro groups is 1. The molecule has 0 fully saturated rings. The first-order valence-corrected chi connectivity index (χ1v) is 13.2. The molecule has 13 heteroatoms. The molecule has 1 unspecified atom stereocenters. The molecule has 0 spiro atoms. The number of carbonyl (C=O) groups is 3. The maximum Gasteiger partial charge on any atom is 0.305 e. The van der Waals surface area contributed by atoms with E-state index in [-0.39, 0.29) is 18.1 Å². The summed E-state index contributed by atoms with van der Waals surface area (Å²) in [5, 5.41) is 30.4. The van der Waals surface area contributed by atoms with E-state index in [1.807, 2.05) is 6.07 Å². The highest BCUT2D eigenvalue weighted by Crippen LogP contribution is 2.38. The van der Waals surface area contributed by atoms with Crippen molar-refractivity contribution in [2.45, 2.75) is 19.0 Å². The quantitative estimate of drug-likeness (QED) is 0.222. The summed E-state index contributed by atoms with van der Waals surface area (Å²) in [5.41, 5.74) is 2.99. The summed E-state index contributed by atoms with van der Waals surface area (Å²) in [5.74, 6) is -1.32. The van der Waals surface area contributed by atoms with Gasteiger partial charge in [0, 0.05) is 55.8 Å². The summed E-state index contributed by atoms with van der Waals surface area (Å²) in [6.45, 7) is 1.54. The van der Waals surface area contributed by atoms with E-state index in [1.165, 1.54) is 11.0 Å². The van der Waals surface area contributed by atoms with Gasteiger partial charge in [0.05, 0.1) is 23.9 Å². The number of guanidine groups is 1. The van der Waals surface area contributed by atoms with E-state index < -0.39 is 29.3 Å².